The van der Waals surface area contributed by atoms with E-state index in [2.05, 4.69) is 57.2 Å². The first kappa shape index (κ1) is 70.6. The summed E-state index contributed by atoms with van der Waals surface area (Å²) in [6.45, 7) is 6.68. The van der Waals surface area contributed by atoms with Gasteiger partial charge < -0.3 is 14.2 Å². The highest BCUT2D eigenvalue weighted by Crippen LogP contribution is 2.17. The van der Waals surface area contributed by atoms with E-state index in [0.717, 1.165) is 64.2 Å². The van der Waals surface area contributed by atoms with E-state index < -0.39 is 6.10 Å². The molecule has 73 heavy (non-hydrogen) atoms. The zero-order valence-electron chi connectivity index (χ0n) is 49.2. The van der Waals surface area contributed by atoms with Crippen molar-refractivity contribution in [1.82, 2.24) is 0 Å². The molecule has 0 aromatic carbocycles. The van der Waals surface area contributed by atoms with E-state index in [-0.39, 0.29) is 31.1 Å². The van der Waals surface area contributed by atoms with E-state index in [1.54, 1.807) is 0 Å². The third-order valence-corrected chi connectivity index (χ3v) is 14.6. The SMILES string of the molecule is CCCCCCC/C=C\C/C=C\CCCCCCCCCCCC(=O)OCC(COC(=O)CCCCCCCCCCCCCCC)OC(=O)CCCCCCCCCCC/C=C\CCCCCCCCCC. The van der Waals surface area contributed by atoms with Crippen LogP contribution in [0.4, 0.5) is 0 Å². The fraction of sp³-hybridized carbons (Fsp3) is 0.866. The number of hydrogen-bond donors (Lipinski definition) is 0. The second-order valence-corrected chi connectivity index (χ2v) is 22.0. The molecule has 6 nitrogen and oxygen atoms in total. The first-order valence-electron chi connectivity index (χ1n) is 32.5. The Kier molecular flexibility index (Phi) is 60.2. The van der Waals surface area contributed by atoms with Gasteiger partial charge >= 0.3 is 17.9 Å². The van der Waals surface area contributed by atoms with Crippen molar-refractivity contribution in [2.45, 2.75) is 361 Å². The van der Waals surface area contributed by atoms with Crippen LogP contribution in [0.2, 0.25) is 0 Å². The second kappa shape index (κ2) is 62.2. The minimum absolute atomic E-state index is 0.0699. The van der Waals surface area contributed by atoms with E-state index in [4.69, 9.17) is 14.2 Å². The molecule has 428 valence electrons. The Morgan fingerprint density at radius 3 is 0.767 bits per heavy atom. The average molecular weight is 1030 g/mol. The van der Waals surface area contributed by atoms with Crippen molar-refractivity contribution in [2.75, 3.05) is 13.2 Å². The van der Waals surface area contributed by atoms with Crippen molar-refractivity contribution in [3.05, 3.63) is 36.5 Å². The van der Waals surface area contributed by atoms with Gasteiger partial charge in [-0.3, -0.25) is 14.4 Å². The molecular formula is C67H124O6. The van der Waals surface area contributed by atoms with Crippen LogP contribution >= 0.6 is 0 Å². The maximum Gasteiger partial charge on any atom is 0.306 e. The predicted molar refractivity (Wildman–Crippen MR) is 316 cm³/mol. The van der Waals surface area contributed by atoms with E-state index >= 15 is 0 Å². The molecule has 1 unspecified atom stereocenters. The van der Waals surface area contributed by atoms with Crippen LogP contribution < -0.4 is 0 Å². The van der Waals surface area contributed by atoms with Gasteiger partial charge in [-0.05, 0) is 77.0 Å². The van der Waals surface area contributed by atoms with Crippen LogP contribution in [0.5, 0.6) is 0 Å². The molecule has 0 radical (unpaired) electrons. The van der Waals surface area contributed by atoms with Crippen LogP contribution in [-0.2, 0) is 28.6 Å². The van der Waals surface area contributed by atoms with E-state index in [1.807, 2.05) is 0 Å². The monoisotopic (exact) mass is 1020 g/mol. The standard InChI is InChI=1S/C67H124O6/c1-4-7-10-13-16-19-22-25-27-29-31-33-35-37-39-42-45-48-51-54-57-60-66(69)72-63-64(62-71-65(68)59-56-53-50-47-44-41-24-21-18-15-12-9-6-3)73-67(70)61-58-55-52-49-46-43-40-38-36-34-32-30-28-26-23-20-17-14-11-8-5-2/h22,25,29-32,64H,4-21,23-24,26-28,33-63H2,1-3H3/b25-22-,31-29-,32-30-. The van der Waals surface area contributed by atoms with Crippen LogP contribution in [-0.4, -0.2) is 37.2 Å². The molecule has 0 aliphatic rings. The third-order valence-electron chi connectivity index (χ3n) is 14.6. The van der Waals surface area contributed by atoms with Crippen LogP contribution in [0.1, 0.15) is 355 Å². The molecule has 0 amide bonds. The topological polar surface area (TPSA) is 78.9 Å². The summed E-state index contributed by atoms with van der Waals surface area (Å²) in [4.78, 5) is 38.3. The van der Waals surface area contributed by atoms with Gasteiger partial charge in [0.25, 0.3) is 0 Å². The molecule has 0 saturated heterocycles. The molecule has 0 saturated carbocycles. The lowest BCUT2D eigenvalue weighted by atomic mass is 10.0. The molecule has 1 atom stereocenters. The number of carbonyl (C=O) groups excluding carboxylic acids is 3. The van der Waals surface area contributed by atoms with Crippen LogP contribution in [0.3, 0.4) is 0 Å². The first-order valence-corrected chi connectivity index (χ1v) is 32.5. The van der Waals surface area contributed by atoms with Crippen molar-refractivity contribution in [3.8, 4) is 0 Å². The fourth-order valence-electron chi connectivity index (χ4n) is 9.71. The molecule has 0 fully saturated rings. The van der Waals surface area contributed by atoms with Crippen molar-refractivity contribution >= 4 is 17.9 Å². The predicted octanol–water partition coefficient (Wildman–Crippen LogP) is 22.0. The molecule has 6 heteroatoms. The zero-order chi connectivity index (χ0) is 52.9. The molecular weight excluding hydrogens is 901 g/mol. The average Bonchev–Trinajstić information content (AvgIpc) is 3.39. The molecule has 0 heterocycles. The summed E-state index contributed by atoms with van der Waals surface area (Å²) in [6, 6.07) is 0. The van der Waals surface area contributed by atoms with Gasteiger partial charge in [0, 0.05) is 19.3 Å². The van der Waals surface area contributed by atoms with Crippen molar-refractivity contribution in [1.29, 1.82) is 0 Å². The van der Waals surface area contributed by atoms with E-state index in [0.29, 0.717) is 19.3 Å². The number of carbonyl (C=O) groups is 3. The lowest BCUT2D eigenvalue weighted by molar-refractivity contribution is -0.167. The first-order chi connectivity index (χ1) is 36.0. The van der Waals surface area contributed by atoms with Crippen LogP contribution in [0.25, 0.3) is 0 Å². The molecule has 0 N–H and O–H groups in total. The Morgan fingerprint density at radius 2 is 0.493 bits per heavy atom. The smallest absolute Gasteiger partial charge is 0.306 e. The number of unbranched alkanes of at least 4 members (excludes halogenated alkanes) is 43. The highest BCUT2D eigenvalue weighted by atomic mass is 16.6. The number of rotatable bonds is 60. The Bertz CT molecular complexity index is 1220. The maximum atomic E-state index is 12.9. The number of esters is 3. The summed E-state index contributed by atoms with van der Waals surface area (Å²) < 4.78 is 16.9. The minimum Gasteiger partial charge on any atom is -0.462 e. The molecule has 0 aliphatic carbocycles. The summed E-state index contributed by atoms with van der Waals surface area (Å²) >= 11 is 0. The maximum absolute atomic E-state index is 12.9. The van der Waals surface area contributed by atoms with Crippen molar-refractivity contribution in [3.63, 3.8) is 0 Å². The van der Waals surface area contributed by atoms with Crippen LogP contribution in [0.15, 0.2) is 36.5 Å². The number of allylic oxidation sites excluding steroid dienone is 6. The summed E-state index contributed by atoms with van der Waals surface area (Å²) in [5.74, 6) is -0.853. The van der Waals surface area contributed by atoms with Crippen molar-refractivity contribution < 1.29 is 28.6 Å². The van der Waals surface area contributed by atoms with E-state index in [9.17, 15) is 14.4 Å². The lowest BCUT2D eigenvalue weighted by Gasteiger charge is -2.18. The Balaban J connectivity index is 4.30. The fourth-order valence-corrected chi connectivity index (χ4v) is 9.71. The Hall–Kier alpha value is -2.37. The lowest BCUT2D eigenvalue weighted by Crippen LogP contribution is -2.30. The molecule has 0 bridgehead atoms. The van der Waals surface area contributed by atoms with Gasteiger partial charge in [-0.1, -0.05) is 295 Å². The summed E-state index contributed by atoms with van der Waals surface area (Å²) in [5.41, 5.74) is 0. The number of ether oxygens (including phenoxy) is 3. The van der Waals surface area contributed by atoms with Gasteiger partial charge in [0.2, 0.25) is 0 Å². The quantitative estimate of drug-likeness (QED) is 0.0261. The van der Waals surface area contributed by atoms with Gasteiger partial charge in [-0.25, -0.2) is 0 Å². The van der Waals surface area contributed by atoms with Gasteiger partial charge in [0.1, 0.15) is 13.2 Å². The molecule has 0 spiro atoms. The zero-order valence-corrected chi connectivity index (χ0v) is 49.2. The van der Waals surface area contributed by atoms with E-state index in [1.165, 1.54) is 250 Å². The highest BCUT2D eigenvalue weighted by Gasteiger charge is 2.19. The summed E-state index contributed by atoms with van der Waals surface area (Å²) in [6.07, 6.45) is 75.8. The van der Waals surface area contributed by atoms with Gasteiger partial charge in [-0.15, -0.1) is 0 Å². The number of hydrogen-bond acceptors (Lipinski definition) is 6. The van der Waals surface area contributed by atoms with Crippen LogP contribution in [0, 0.1) is 0 Å². The summed E-state index contributed by atoms with van der Waals surface area (Å²) in [5, 5.41) is 0. The molecule has 0 rings (SSSR count). The highest BCUT2D eigenvalue weighted by molar-refractivity contribution is 5.71. The molecule has 0 aromatic rings. The summed E-state index contributed by atoms with van der Waals surface area (Å²) in [7, 11) is 0. The molecule has 0 aromatic heterocycles. The Labute approximate surface area is 455 Å². The van der Waals surface area contributed by atoms with Gasteiger partial charge in [-0.2, -0.15) is 0 Å². The van der Waals surface area contributed by atoms with Gasteiger partial charge in [0.05, 0.1) is 0 Å². The van der Waals surface area contributed by atoms with Gasteiger partial charge in [0.15, 0.2) is 6.10 Å². The van der Waals surface area contributed by atoms with Crippen molar-refractivity contribution in [2.24, 2.45) is 0 Å². The molecule has 0 aliphatic heterocycles. The third kappa shape index (κ3) is 60.4. The normalized spacial score (nSPS) is 12.2. The second-order valence-electron chi connectivity index (χ2n) is 22.0. The minimum atomic E-state index is -0.773. The Morgan fingerprint density at radius 1 is 0.274 bits per heavy atom. The largest absolute Gasteiger partial charge is 0.462 e.